The Morgan fingerprint density at radius 2 is 1.82 bits per heavy atom. The topological polar surface area (TPSA) is 57.1 Å². The van der Waals surface area contributed by atoms with Crippen LogP contribution in [0.4, 0.5) is 0 Å². The molecule has 3 aromatic rings. The maximum atomic E-state index is 12.5. The molecule has 0 atom stereocenters. The molecule has 0 aromatic heterocycles. The van der Waals surface area contributed by atoms with Crippen LogP contribution in [-0.4, -0.2) is 18.5 Å². The van der Waals surface area contributed by atoms with Crippen molar-refractivity contribution in [2.24, 2.45) is 4.99 Å². The molecule has 5 nitrogen and oxygen atoms in total. The van der Waals surface area contributed by atoms with Gasteiger partial charge in [-0.1, -0.05) is 51.3 Å². The molecule has 0 unspecified atom stereocenters. The summed E-state index contributed by atoms with van der Waals surface area (Å²) < 4.78 is 19.0. The lowest BCUT2D eigenvalue weighted by Gasteiger charge is -2.14. The van der Waals surface area contributed by atoms with Crippen LogP contribution < -0.4 is 9.47 Å². The van der Waals surface area contributed by atoms with Gasteiger partial charge >= 0.3 is 5.97 Å². The molecule has 9 heteroatoms. The number of halogens is 4. The number of aliphatic imine (C=N–C) groups is 1. The summed E-state index contributed by atoms with van der Waals surface area (Å²) in [4.78, 5) is 16.8. The van der Waals surface area contributed by atoms with Crippen LogP contribution >= 0.6 is 61.7 Å². The van der Waals surface area contributed by atoms with Crippen LogP contribution in [0.3, 0.4) is 0 Å². The molecule has 0 aliphatic carbocycles. The van der Waals surface area contributed by atoms with Gasteiger partial charge in [0, 0.05) is 8.04 Å². The van der Waals surface area contributed by atoms with Crippen LogP contribution in [-0.2, 0) is 16.1 Å². The standard InChI is InChI=1S/C25H17BrCl2INO4/c1-2-32-22-11-15(9-20(28)23(22)33-13-14-3-5-16(26)6-4-14)10-21-25(31)34-24(30-21)18-12-17(29)7-8-19(18)27/h3-12H,2,13H2,1H3/b21-10-. The quantitative estimate of drug-likeness (QED) is 0.147. The normalized spacial score (nSPS) is 14.2. The molecule has 0 N–H and O–H groups in total. The van der Waals surface area contributed by atoms with E-state index in [0.29, 0.717) is 45.9 Å². The highest BCUT2D eigenvalue weighted by Crippen LogP contribution is 2.38. The smallest absolute Gasteiger partial charge is 0.363 e. The number of cyclic esters (lactones) is 1. The number of rotatable bonds is 7. The predicted molar refractivity (Wildman–Crippen MR) is 146 cm³/mol. The van der Waals surface area contributed by atoms with E-state index in [4.69, 9.17) is 37.4 Å². The van der Waals surface area contributed by atoms with Crippen molar-refractivity contribution >= 4 is 79.7 Å². The first kappa shape index (κ1) is 25.0. The summed E-state index contributed by atoms with van der Waals surface area (Å²) in [7, 11) is 0. The van der Waals surface area contributed by atoms with Gasteiger partial charge in [0.2, 0.25) is 5.90 Å². The number of ether oxygens (including phenoxy) is 3. The highest BCUT2D eigenvalue weighted by Gasteiger charge is 2.26. The molecule has 1 heterocycles. The highest BCUT2D eigenvalue weighted by atomic mass is 127. The largest absolute Gasteiger partial charge is 0.490 e. The van der Waals surface area contributed by atoms with Crippen LogP contribution in [0.5, 0.6) is 11.5 Å². The molecule has 1 aliphatic heterocycles. The molecule has 34 heavy (non-hydrogen) atoms. The number of hydrogen-bond donors (Lipinski definition) is 0. The number of hydrogen-bond acceptors (Lipinski definition) is 5. The molecule has 3 aromatic carbocycles. The van der Waals surface area contributed by atoms with E-state index < -0.39 is 5.97 Å². The lowest BCUT2D eigenvalue weighted by atomic mass is 10.1. The summed E-state index contributed by atoms with van der Waals surface area (Å²) in [6, 6.07) is 16.6. The second kappa shape index (κ2) is 11.1. The van der Waals surface area contributed by atoms with Gasteiger partial charge in [0.05, 0.1) is 22.2 Å². The Bertz CT molecular complexity index is 1310. The zero-order chi connectivity index (χ0) is 24.2. The third-order valence-corrected chi connectivity index (χ3v) is 6.52. The van der Waals surface area contributed by atoms with Crippen molar-refractivity contribution in [3.05, 3.63) is 95.1 Å². The average Bonchev–Trinajstić information content (AvgIpc) is 3.16. The molecule has 0 fully saturated rings. The lowest BCUT2D eigenvalue weighted by Crippen LogP contribution is -2.06. The Balaban J connectivity index is 1.62. The summed E-state index contributed by atoms with van der Waals surface area (Å²) >= 11 is 18.4. The zero-order valence-corrected chi connectivity index (χ0v) is 23.0. The van der Waals surface area contributed by atoms with Crippen molar-refractivity contribution in [2.75, 3.05) is 6.61 Å². The van der Waals surface area contributed by atoms with Gasteiger partial charge in [-0.2, -0.15) is 0 Å². The van der Waals surface area contributed by atoms with Gasteiger partial charge in [-0.15, -0.1) is 0 Å². The first-order chi connectivity index (χ1) is 16.3. The van der Waals surface area contributed by atoms with Crippen molar-refractivity contribution in [1.29, 1.82) is 0 Å². The average molecular weight is 673 g/mol. The van der Waals surface area contributed by atoms with E-state index in [9.17, 15) is 4.79 Å². The molecule has 0 saturated carbocycles. The van der Waals surface area contributed by atoms with Crippen LogP contribution in [0.1, 0.15) is 23.6 Å². The first-order valence-corrected chi connectivity index (χ1v) is 12.8. The van der Waals surface area contributed by atoms with E-state index in [1.165, 1.54) is 0 Å². The number of carbonyl (C=O) groups excluding carboxylic acids is 1. The summed E-state index contributed by atoms with van der Waals surface area (Å²) in [6.07, 6.45) is 1.59. The fourth-order valence-corrected chi connectivity index (χ4v) is 4.38. The summed E-state index contributed by atoms with van der Waals surface area (Å²) in [6.45, 7) is 2.61. The first-order valence-electron chi connectivity index (χ1n) is 10.2. The number of esters is 1. The minimum Gasteiger partial charge on any atom is -0.490 e. The number of carbonyl (C=O) groups is 1. The summed E-state index contributed by atoms with van der Waals surface area (Å²) in [5, 5.41) is 0.799. The molecule has 4 rings (SSSR count). The Morgan fingerprint density at radius 1 is 1.06 bits per heavy atom. The number of nitrogens with zero attached hydrogens (tertiary/aromatic N) is 1. The van der Waals surface area contributed by atoms with Crippen LogP contribution in [0, 0.1) is 3.57 Å². The second-order valence-corrected chi connectivity index (χ2v) is 10.1. The minimum atomic E-state index is -0.574. The molecule has 0 bridgehead atoms. The summed E-state index contributed by atoms with van der Waals surface area (Å²) in [5.74, 6) is 0.479. The zero-order valence-electron chi connectivity index (χ0n) is 17.8. The van der Waals surface area contributed by atoms with Crippen molar-refractivity contribution in [3.8, 4) is 11.5 Å². The van der Waals surface area contributed by atoms with Gasteiger partial charge in [-0.25, -0.2) is 9.79 Å². The van der Waals surface area contributed by atoms with Gasteiger partial charge < -0.3 is 14.2 Å². The van der Waals surface area contributed by atoms with Gasteiger partial charge in [0.25, 0.3) is 0 Å². The Morgan fingerprint density at radius 3 is 2.56 bits per heavy atom. The van der Waals surface area contributed by atoms with Crippen molar-refractivity contribution in [1.82, 2.24) is 0 Å². The van der Waals surface area contributed by atoms with E-state index in [1.54, 1.807) is 30.3 Å². The van der Waals surface area contributed by atoms with E-state index in [1.807, 2.05) is 37.3 Å². The minimum absolute atomic E-state index is 0.131. The summed E-state index contributed by atoms with van der Waals surface area (Å²) in [5.41, 5.74) is 2.29. The van der Waals surface area contributed by atoms with E-state index in [0.717, 1.165) is 13.6 Å². The fourth-order valence-electron chi connectivity index (χ4n) is 3.15. The SMILES string of the molecule is CCOc1cc(/C=C2\N=C(c3cc(I)ccc3Cl)OC2=O)cc(Cl)c1OCc1ccc(Br)cc1. The maximum absolute atomic E-state index is 12.5. The van der Waals surface area contributed by atoms with Crippen molar-refractivity contribution < 1.29 is 19.0 Å². The predicted octanol–water partition coefficient (Wildman–Crippen LogP) is 7.68. The van der Waals surface area contributed by atoms with Gasteiger partial charge in [0.1, 0.15) is 6.61 Å². The van der Waals surface area contributed by atoms with Crippen molar-refractivity contribution in [3.63, 3.8) is 0 Å². The second-order valence-electron chi connectivity index (χ2n) is 7.14. The van der Waals surface area contributed by atoms with Gasteiger partial charge in [-0.05, 0) is 89.2 Å². The number of benzene rings is 3. The molecular formula is C25H17BrCl2INO4. The Kier molecular flexibility index (Phi) is 8.18. The Hall–Kier alpha value is -2.07. The lowest BCUT2D eigenvalue weighted by molar-refractivity contribution is -0.129. The van der Waals surface area contributed by atoms with E-state index >= 15 is 0 Å². The Labute approximate surface area is 229 Å². The molecule has 0 spiro atoms. The van der Waals surface area contributed by atoms with E-state index in [-0.39, 0.29) is 11.6 Å². The molecule has 0 radical (unpaired) electrons. The van der Waals surface area contributed by atoms with Crippen molar-refractivity contribution in [2.45, 2.75) is 13.5 Å². The third kappa shape index (κ3) is 5.94. The van der Waals surface area contributed by atoms with Gasteiger partial charge in [-0.3, -0.25) is 0 Å². The fraction of sp³-hybridized carbons (Fsp3) is 0.120. The third-order valence-electron chi connectivity index (χ3n) is 4.71. The van der Waals surface area contributed by atoms with Crippen LogP contribution in [0.25, 0.3) is 6.08 Å². The van der Waals surface area contributed by atoms with Crippen LogP contribution in [0.2, 0.25) is 10.0 Å². The molecule has 0 saturated heterocycles. The molecule has 0 amide bonds. The van der Waals surface area contributed by atoms with Gasteiger partial charge in [0.15, 0.2) is 17.2 Å². The molecule has 1 aliphatic rings. The monoisotopic (exact) mass is 671 g/mol. The highest BCUT2D eigenvalue weighted by molar-refractivity contribution is 14.1. The molecule has 174 valence electrons. The van der Waals surface area contributed by atoms with E-state index in [2.05, 4.69) is 43.5 Å². The maximum Gasteiger partial charge on any atom is 0.363 e. The van der Waals surface area contributed by atoms with Crippen LogP contribution in [0.15, 0.2) is 69.8 Å². The molecular weight excluding hydrogens is 656 g/mol.